The first kappa shape index (κ1) is 19.1. The molecule has 2 aliphatic heterocycles. The maximum Gasteiger partial charge on any atom is 0.275 e. The summed E-state index contributed by atoms with van der Waals surface area (Å²) < 4.78 is 5.44. The Morgan fingerprint density at radius 1 is 1.23 bits per heavy atom. The van der Waals surface area contributed by atoms with Crippen LogP contribution < -0.4 is 25.0 Å². The number of quaternary nitrogens is 2. The number of hydrogen-bond donors (Lipinski definition) is 3. The van der Waals surface area contributed by atoms with Crippen molar-refractivity contribution in [1.29, 1.82) is 0 Å². The zero-order chi connectivity index (χ0) is 18.4. The van der Waals surface area contributed by atoms with Crippen LogP contribution in [0.4, 0.5) is 5.82 Å². The molecule has 3 heterocycles. The maximum absolute atomic E-state index is 12.4. The first-order valence-corrected chi connectivity index (χ1v) is 9.79. The number of pyridine rings is 1. The average Bonchev–Trinajstić information content (AvgIpc) is 2.68. The van der Waals surface area contributed by atoms with E-state index < -0.39 is 0 Å². The van der Waals surface area contributed by atoms with Crippen LogP contribution in [-0.4, -0.2) is 77.0 Å². The molecule has 0 radical (unpaired) electrons. The fourth-order valence-corrected chi connectivity index (χ4v) is 3.85. The van der Waals surface area contributed by atoms with Crippen molar-refractivity contribution in [3.8, 4) is 0 Å². The quantitative estimate of drug-likeness (QED) is 0.505. The number of carbonyl (C=O) groups is 1. The Morgan fingerprint density at radius 2 is 1.96 bits per heavy atom. The third kappa shape index (κ3) is 5.16. The average molecular weight is 365 g/mol. The maximum atomic E-state index is 12.4. The first-order valence-electron chi connectivity index (χ1n) is 9.79. The van der Waals surface area contributed by atoms with E-state index in [0.29, 0.717) is 6.54 Å². The molecular formula is C19H34N5O2+3. The number of H-pyrrole nitrogens is 1. The number of nitrogens with zero attached hydrogens (tertiary/aromatic N) is 1. The van der Waals surface area contributed by atoms with Crippen LogP contribution in [0.3, 0.4) is 0 Å². The second-order valence-electron chi connectivity index (χ2n) is 8.04. The number of anilines is 1. The van der Waals surface area contributed by atoms with Crippen molar-refractivity contribution in [3.63, 3.8) is 0 Å². The molecule has 0 atom stereocenters. The fourth-order valence-electron chi connectivity index (χ4n) is 3.85. The number of rotatable bonds is 6. The number of morpholine rings is 1. The Morgan fingerprint density at radius 3 is 2.62 bits per heavy atom. The summed E-state index contributed by atoms with van der Waals surface area (Å²) in [7, 11) is 0. The van der Waals surface area contributed by atoms with E-state index in [2.05, 4.69) is 41.2 Å². The number of ether oxygens (including phenoxy) is 1. The summed E-state index contributed by atoms with van der Waals surface area (Å²) >= 11 is 0. The van der Waals surface area contributed by atoms with Crippen LogP contribution in [0.15, 0.2) is 24.4 Å². The second kappa shape index (κ2) is 8.79. The van der Waals surface area contributed by atoms with E-state index in [1.54, 1.807) is 0 Å². The van der Waals surface area contributed by atoms with Gasteiger partial charge in [0.2, 0.25) is 0 Å². The molecule has 0 saturated carbocycles. The molecule has 0 aromatic carbocycles. The van der Waals surface area contributed by atoms with E-state index in [-0.39, 0.29) is 11.4 Å². The highest BCUT2D eigenvalue weighted by Crippen LogP contribution is 2.04. The first-order chi connectivity index (χ1) is 12.5. The van der Waals surface area contributed by atoms with Gasteiger partial charge in [-0.3, -0.25) is 9.69 Å². The van der Waals surface area contributed by atoms with Crippen LogP contribution in [0.1, 0.15) is 13.8 Å². The van der Waals surface area contributed by atoms with Crippen LogP contribution in [-0.2, 0) is 9.53 Å². The van der Waals surface area contributed by atoms with Gasteiger partial charge in [-0.05, 0) is 19.9 Å². The smallest absolute Gasteiger partial charge is 0.275 e. The van der Waals surface area contributed by atoms with Crippen LogP contribution in [0.5, 0.6) is 0 Å². The summed E-state index contributed by atoms with van der Waals surface area (Å²) in [5, 5.41) is 3.17. The summed E-state index contributed by atoms with van der Waals surface area (Å²) in [4.78, 5) is 20.9. The molecule has 26 heavy (non-hydrogen) atoms. The van der Waals surface area contributed by atoms with Gasteiger partial charge in [0.05, 0.1) is 26.0 Å². The van der Waals surface area contributed by atoms with E-state index in [9.17, 15) is 4.79 Å². The third-order valence-electron chi connectivity index (χ3n) is 5.70. The Kier molecular flexibility index (Phi) is 6.45. The highest BCUT2D eigenvalue weighted by molar-refractivity contribution is 5.76. The van der Waals surface area contributed by atoms with E-state index in [1.807, 2.05) is 12.3 Å². The second-order valence-corrected chi connectivity index (χ2v) is 8.04. The zero-order valence-corrected chi connectivity index (χ0v) is 16.1. The number of nitrogens with one attached hydrogen (secondary N) is 4. The lowest BCUT2D eigenvalue weighted by Gasteiger charge is -2.37. The largest absolute Gasteiger partial charge is 0.370 e. The molecule has 2 fully saturated rings. The van der Waals surface area contributed by atoms with Gasteiger partial charge in [-0.15, -0.1) is 0 Å². The standard InChI is InChI=1S/C19H31N5O2/c1-19(2,24-11-13-26-14-12-24)16-21-18(25)15-22-7-9-23(10-8-22)17-5-3-4-6-20-17/h3-6H,7-16H2,1-2H3,(H,21,25)/p+3. The van der Waals surface area contributed by atoms with Crippen LogP contribution in [0.25, 0.3) is 0 Å². The highest BCUT2D eigenvalue weighted by Gasteiger charge is 2.33. The van der Waals surface area contributed by atoms with Gasteiger partial charge in [-0.1, -0.05) is 6.07 Å². The molecule has 144 valence electrons. The molecule has 0 unspecified atom stereocenters. The lowest BCUT2D eigenvalue weighted by atomic mass is 10.0. The predicted molar refractivity (Wildman–Crippen MR) is 99.4 cm³/mol. The van der Waals surface area contributed by atoms with E-state index >= 15 is 0 Å². The lowest BCUT2D eigenvalue weighted by molar-refractivity contribution is -0.954. The van der Waals surface area contributed by atoms with Crippen LogP contribution in [0, 0.1) is 0 Å². The van der Waals surface area contributed by atoms with Crippen molar-refractivity contribution in [2.45, 2.75) is 19.4 Å². The molecule has 7 nitrogen and oxygen atoms in total. The third-order valence-corrected chi connectivity index (χ3v) is 5.70. The summed E-state index contributed by atoms with van der Waals surface area (Å²) in [6, 6.07) is 6.15. The Labute approximate surface area is 156 Å². The van der Waals surface area contributed by atoms with Gasteiger partial charge < -0.3 is 19.9 Å². The highest BCUT2D eigenvalue weighted by atomic mass is 16.5. The normalized spacial score (nSPS) is 20.2. The minimum Gasteiger partial charge on any atom is -0.370 e. The molecule has 2 saturated heterocycles. The SMILES string of the molecule is CC(C)(CNC(=O)C[NH+]1CCN(c2cccc[nH+]2)CC1)[NH+]1CCOCC1. The van der Waals surface area contributed by atoms with Gasteiger partial charge in [-0.2, -0.15) is 0 Å². The van der Waals surface area contributed by atoms with Gasteiger partial charge >= 0.3 is 0 Å². The molecule has 0 bridgehead atoms. The Hall–Kier alpha value is -1.70. The molecule has 2 aliphatic rings. The van der Waals surface area contributed by atoms with Crippen molar-refractivity contribution < 1.29 is 24.3 Å². The number of carbonyl (C=O) groups excluding carboxylic acids is 1. The van der Waals surface area contributed by atoms with Crippen LogP contribution in [0.2, 0.25) is 0 Å². The fraction of sp³-hybridized carbons (Fsp3) is 0.684. The molecule has 0 aliphatic carbocycles. The van der Waals surface area contributed by atoms with Gasteiger partial charge in [0, 0.05) is 6.07 Å². The summed E-state index contributed by atoms with van der Waals surface area (Å²) in [6.07, 6.45) is 1.96. The molecule has 4 N–H and O–H groups in total. The van der Waals surface area contributed by atoms with E-state index in [4.69, 9.17) is 4.74 Å². The molecule has 0 spiro atoms. The molecule has 1 aromatic heterocycles. The summed E-state index contributed by atoms with van der Waals surface area (Å²) in [5.41, 5.74) is 0.0522. The summed E-state index contributed by atoms with van der Waals surface area (Å²) in [6.45, 7) is 13.4. The van der Waals surface area contributed by atoms with Crippen molar-refractivity contribution in [2.75, 3.05) is 70.5 Å². The Bertz CT molecular complexity index is 567. The minimum absolute atomic E-state index is 0.0522. The van der Waals surface area contributed by atoms with E-state index in [0.717, 1.165) is 64.8 Å². The van der Waals surface area contributed by atoms with Crippen LogP contribution >= 0.6 is 0 Å². The van der Waals surface area contributed by atoms with Crippen molar-refractivity contribution in [1.82, 2.24) is 5.32 Å². The van der Waals surface area contributed by atoms with E-state index in [1.165, 1.54) is 9.80 Å². The lowest BCUT2D eigenvalue weighted by Crippen LogP contribution is -3.22. The number of piperazine rings is 1. The molecule has 1 amide bonds. The van der Waals surface area contributed by atoms with Gasteiger partial charge in [0.25, 0.3) is 11.7 Å². The summed E-state index contributed by atoms with van der Waals surface area (Å²) in [5.74, 6) is 1.33. The molecule has 3 rings (SSSR count). The van der Waals surface area contributed by atoms with Gasteiger partial charge in [0.1, 0.15) is 44.8 Å². The monoisotopic (exact) mass is 364 g/mol. The number of aromatic amines is 1. The molecular weight excluding hydrogens is 330 g/mol. The topological polar surface area (TPSA) is 64.6 Å². The molecule has 1 aromatic rings. The van der Waals surface area contributed by atoms with Gasteiger partial charge in [-0.25, -0.2) is 4.98 Å². The van der Waals surface area contributed by atoms with Crippen molar-refractivity contribution >= 4 is 11.7 Å². The minimum atomic E-state index is 0.0522. The number of aromatic nitrogens is 1. The molecule has 7 heteroatoms. The Balaban J connectivity index is 1.39. The van der Waals surface area contributed by atoms with Crippen molar-refractivity contribution in [3.05, 3.63) is 24.4 Å². The number of hydrogen-bond acceptors (Lipinski definition) is 3. The number of amides is 1. The zero-order valence-electron chi connectivity index (χ0n) is 16.1. The van der Waals surface area contributed by atoms with Gasteiger partial charge in [0.15, 0.2) is 6.54 Å². The predicted octanol–water partition coefficient (Wildman–Crippen LogP) is -2.98. The van der Waals surface area contributed by atoms with Crippen molar-refractivity contribution in [2.24, 2.45) is 0 Å².